The van der Waals surface area contributed by atoms with Crippen LogP contribution >= 0.6 is 0 Å². The van der Waals surface area contributed by atoms with Crippen molar-refractivity contribution >= 4 is 59.2 Å². The Bertz CT molecular complexity index is 2820. The maximum atomic E-state index is 14.6. The summed E-state index contributed by atoms with van der Waals surface area (Å²) in [5.41, 5.74) is 12.6. The van der Waals surface area contributed by atoms with Crippen LogP contribution in [0.4, 0.5) is 0 Å². The van der Waals surface area contributed by atoms with Gasteiger partial charge in [-0.05, 0) is 60.8 Å². The Morgan fingerprint density at radius 3 is 1.91 bits per heavy atom. The monoisotopic (exact) mass is 1140 g/mol. The SMILES string of the molecule is CC[C@H](C)[C@H](NC(=O)[C@H](Cc1ccc(O)cc1)NC(=O)[C@@H](NC(=O)[C@H](CCCNC(=N)N)NC(=O)[C@@H](N)CC(=O)O)C(C)C)C(=O)N[C@@H](Cc1cnc[nH]1)C(=O)N1CCC[C@H]1C(=O)N[C@@H](Cc1ccccc1)C(=O)O.O=c1ccnc[nH]1. The number of carboxylic acid groups (broad SMARTS) is 2. The molecule has 0 bridgehead atoms. The fourth-order valence-electron chi connectivity index (χ4n) is 8.64. The fourth-order valence-corrected chi connectivity index (χ4v) is 8.64. The van der Waals surface area contributed by atoms with E-state index in [4.69, 9.17) is 22.0 Å². The average Bonchev–Trinajstić information content (AvgIpc) is 4.27. The average molecular weight is 1140 g/mol. The predicted molar refractivity (Wildman–Crippen MR) is 297 cm³/mol. The summed E-state index contributed by atoms with van der Waals surface area (Å²) in [6, 6.07) is 5.30. The highest BCUT2D eigenvalue weighted by Crippen LogP contribution is 2.21. The minimum absolute atomic E-state index is 0.00272. The van der Waals surface area contributed by atoms with Gasteiger partial charge in [-0.2, -0.15) is 0 Å². The second-order valence-electron chi connectivity index (χ2n) is 20.0. The van der Waals surface area contributed by atoms with Crippen LogP contribution in [0, 0.1) is 17.2 Å². The number of nitrogens with one attached hydrogen (secondary N) is 10. The highest BCUT2D eigenvalue weighted by molar-refractivity contribution is 5.98. The highest BCUT2D eigenvalue weighted by atomic mass is 16.4. The van der Waals surface area contributed by atoms with Crippen LogP contribution < -0.4 is 54.2 Å². The second kappa shape index (κ2) is 32.8. The largest absolute Gasteiger partial charge is 0.508 e. The Hall–Kier alpha value is -9.21. The van der Waals surface area contributed by atoms with Crippen LogP contribution in [0.2, 0.25) is 0 Å². The van der Waals surface area contributed by atoms with E-state index >= 15 is 0 Å². The Morgan fingerprint density at radius 1 is 0.732 bits per heavy atom. The maximum Gasteiger partial charge on any atom is 0.326 e. The molecule has 444 valence electrons. The summed E-state index contributed by atoms with van der Waals surface area (Å²) >= 11 is 0. The second-order valence-corrected chi connectivity index (χ2v) is 20.0. The number of aromatic amines is 2. The smallest absolute Gasteiger partial charge is 0.326 e. The van der Waals surface area contributed by atoms with Crippen LogP contribution in [0.25, 0.3) is 0 Å². The lowest BCUT2D eigenvalue weighted by Crippen LogP contribution is -2.62. The molecule has 0 aliphatic carbocycles. The number of aromatic hydroxyl groups is 1. The van der Waals surface area contributed by atoms with Gasteiger partial charge in [0.25, 0.3) is 5.56 Å². The number of carbonyl (C=O) groups excluding carboxylic acids is 7. The summed E-state index contributed by atoms with van der Waals surface area (Å²) in [6.45, 7) is 6.96. The van der Waals surface area contributed by atoms with Crippen molar-refractivity contribution in [1.29, 1.82) is 5.41 Å². The van der Waals surface area contributed by atoms with Gasteiger partial charge in [0.1, 0.15) is 48.0 Å². The van der Waals surface area contributed by atoms with Crippen LogP contribution in [0.1, 0.15) is 83.0 Å². The normalized spacial score (nSPS) is 15.7. The van der Waals surface area contributed by atoms with Crippen molar-refractivity contribution in [3.8, 4) is 5.75 Å². The number of benzene rings is 2. The molecule has 7 amide bonds. The number of likely N-dealkylation sites (tertiary alicyclic amines) is 1. The predicted octanol–water partition coefficient (Wildman–Crippen LogP) is -1.34. The van der Waals surface area contributed by atoms with E-state index in [0.29, 0.717) is 29.7 Å². The first kappa shape index (κ1) is 65.3. The number of guanidine groups is 1. The topological polar surface area (TPSA) is 452 Å². The number of rotatable bonds is 29. The number of carboxylic acids is 2. The van der Waals surface area contributed by atoms with E-state index in [1.807, 2.05) is 0 Å². The lowest BCUT2D eigenvalue weighted by atomic mass is 9.96. The third-order valence-electron chi connectivity index (χ3n) is 13.3. The van der Waals surface area contributed by atoms with Crippen molar-refractivity contribution < 1.29 is 58.5 Å². The first-order chi connectivity index (χ1) is 39.0. The van der Waals surface area contributed by atoms with Crippen molar-refractivity contribution in [3.05, 3.63) is 113 Å². The van der Waals surface area contributed by atoms with Gasteiger partial charge in [0.05, 0.1) is 25.1 Å². The van der Waals surface area contributed by atoms with Crippen LogP contribution in [0.15, 0.2) is 90.5 Å². The minimum atomic E-state index is -1.51. The first-order valence-electron chi connectivity index (χ1n) is 26.7. The van der Waals surface area contributed by atoms with Crippen molar-refractivity contribution in [3.63, 3.8) is 0 Å². The van der Waals surface area contributed by atoms with Gasteiger partial charge in [0.2, 0.25) is 41.4 Å². The van der Waals surface area contributed by atoms with E-state index in [9.17, 15) is 58.2 Å². The Morgan fingerprint density at radius 2 is 1.34 bits per heavy atom. The molecule has 0 spiro atoms. The standard InChI is InChI=1S/C50H71N13O12.C4H4N2O/c1-5-28(4)41(47(72)59-36(23-31-25-54-26-56-31)48(73)63-20-10-14-38(63)45(70)60-37(49(74)75)22-29-11-7-6-8-12-29)62-44(69)35(21-30-15-17-32(64)18-16-30)58-46(71)40(27(2)3)61-43(68)34(13-9-19-55-50(52)53)57-42(67)33(51)24-39(65)66;7-4-1-2-5-3-6-4/h6-8,11-12,15-18,25-28,33-38,40-41,64H,5,9-10,13-14,19-24,51H2,1-4H3,(H,54,56)(H,57,67)(H,58,71)(H,59,72)(H,60,70)(H,61,68)(H,62,69)(H,65,66)(H,74,75)(H4,52,53,55);1-3H,(H,5,6,7)/t28-,33-,34-,35-,36-,37-,38-,40-,41-;/m0./s1. The van der Waals surface area contributed by atoms with Gasteiger partial charge in [-0.15, -0.1) is 0 Å². The molecule has 0 unspecified atom stereocenters. The Balaban J connectivity index is 0.00000191. The Labute approximate surface area is 472 Å². The first-order valence-corrected chi connectivity index (χ1v) is 26.7. The van der Waals surface area contributed by atoms with Crippen LogP contribution in [0.5, 0.6) is 5.75 Å². The van der Waals surface area contributed by atoms with Gasteiger partial charge in [0, 0.05) is 56.5 Å². The van der Waals surface area contributed by atoms with E-state index in [2.05, 4.69) is 57.2 Å². The Kier molecular flexibility index (Phi) is 26.1. The number of imidazole rings is 1. The molecule has 2 aromatic carbocycles. The summed E-state index contributed by atoms with van der Waals surface area (Å²) in [5.74, 6) is -9.79. The van der Waals surface area contributed by atoms with Gasteiger partial charge < -0.3 is 78.9 Å². The summed E-state index contributed by atoms with van der Waals surface area (Å²) in [6.07, 6.45) is 5.72. The summed E-state index contributed by atoms with van der Waals surface area (Å²) in [5, 5.41) is 55.1. The molecule has 0 saturated carbocycles. The summed E-state index contributed by atoms with van der Waals surface area (Å²) in [4.78, 5) is 146. The molecular weight excluding hydrogens is 1070 g/mol. The van der Waals surface area contributed by atoms with Crippen molar-refractivity contribution in [1.82, 2.24) is 62.1 Å². The fraction of sp³-hybridized carbons (Fsp3) is 0.463. The zero-order valence-corrected chi connectivity index (χ0v) is 46.1. The lowest BCUT2D eigenvalue weighted by molar-refractivity contribution is -0.145. The quantitative estimate of drug-likeness (QED) is 0.0170. The van der Waals surface area contributed by atoms with Crippen molar-refractivity contribution in [2.45, 2.75) is 134 Å². The number of carbonyl (C=O) groups is 9. The molecule has 17 N–H and O–H groups in total. The zero-order valence-electron chi connectivity index (χ0n) is 46.1. The number of nitrogens with zero attached hydrogens (tertiary/aromatic N) is 3. The molecule has 0 radical (unpaired) electrons. The zero-order chi connectivity index (χ0) is 60.5. The molecular formula is C54H75N15O13. The highest BCUT2D eigenvalue weighted by Gasteiger charge is 2.41. The van der Waals surface area contributed by atoms with Gasteiger partial charge in [-0.25, -0.2) is 14.8 Å². The molecule has 1 aliphatic rings. The molecule has 5 rings (SSSR count). The number of H-pyrrole nitrogens is 2. The van der Waals surface area contributed by atoms with E-state index in [1.54, 1.807) is 58.0 Å². The molecule has 28 nitrogen and oxygen atoms in total. The van der Waals surface area contributed by atoms with E-state index in [0.717, 1.165) is 0 Å². The van der Waals surface area contributed by atoms with E-state index in [1.165, 1.54) is 60.3 Å². The van der Waals surface area contributed by atoms with Crippen LogP contribution in [0.3, 0.4) is 0 Å². The van der Waals surface area contributed by atoms with Crippen LogP contribution in [-0.2, 0) is 62.4 Å². The number of amides is 7. The number of hydrogen-bond acceptors (Lipinski definition) is 15. The van der Waals surface area contributed by atoms with Gasteiger partial charge >= 0.3 is 11.9 Å². The number of aromatic nitrogens is 4. The molecule has 82 heavy (non-hydrogen) atoms. The number of aliphatic carboxylic acids is 2. The third kappa shape index (κ3) is 21.4. The van der Waals surface area contributed by atoms with Gasteiger partial charge in [-0.1, -0.05) is 76.6 Å². The number of phenolic OH excluding ortho intramolecular Hbond substituents is 1. The van der Waals surface area contributed by atoms with Crippen molar-refractivity contribution in [2.75, 3.05) is 13.1 Å². The molecule has 2 aromatic heterocycles. The molecule has 1 saturated heterocycles. The molecule has 1 aliphatic heterocycles. The van der Waals surface area contributed by atoms with Gasteiger partial charge in [0.15, 0.2) is 5.96 Å². The molecule has 9 atom stereocenters. The minimum Gasteiger partial charge on any atom is -0.508 e. The number of nitrogens with two attached hydrogens (primary N) is 2. The van der Waals surface area contributed by atoms with E-state index < -0.39 is 120 Å². The molecule has 3 heterocycles. The summed E-state index contributed by atoms with van der Waals surface area (Å²) in [7, 11) is 0. The number of phenols is 1. The lowest BCUT2D eigenvalue weighted by Gasteiger charge is -2.32. The van der Waals surface area contributed by atoms with E-state index in [-0.39, 0.29) is 68.9 Å². The van der Waals surface area contributed by atoms with Crippen LogP contribution in [-0.4, -0.2) is 161 Å². The van der Waals surface area contributed by atoms with Crippen molar-refractivity contribution in [2.24, 2.45) is 23.3 Å². The molecule has 1 fully saturated rings. The van der Waals surface area contributed by atoms with Gasteiger partial charge in [-0.3, -0.25) is 48.6 Å². The maximum absolute atomic E-state index is 14.6. The molecule has 28 heteroatoms. The third-order valence-corrected chi connectivity index (χ3v) is 13.3. The molecule has 4 aromatic rings. The summed E-state index contributed by atoms with van der Waals surface area (Å²) < 4.78 is 0. The number of hydrogen-bond donors (Lipinski definition) is 15.